The van der Waals surface area contributed by atoms with Crippen molar-refractivity contribution >= 4 is 23.5 Å². The van der Waals surface area contributed by atoms with Gasteiger partial charge in [0, 0.05) is 19.9 Å². The molecule has 2 aliphatic rings. The number of carbonyl (C=O) groups excluding carboxylic acids is 4. The van der Waals surface area contributed by atoms with Gasteiger partial charge in [0.25, 0.3) is 0 Å². The molecule has 0 amide bonds. The van der Waals surface area contributed by atoms with Gasteiger partial charge < -0.3 is 34.3 Å². The molecule has 0 radical (unpaired) electrons. The van der Waals surface area contributed by atoms with E-state index in [1.807, 2.05) is 0 Å². The molecule has 3 N–H and O–H groups in total. The number of aliphatic hydroxyl groups excluding tert-OH is 1. The number of ether oxygens (including phenoxy) is 4. The topological polar surface area (TPSA) is 166 Å². The number of fused-ring (bicyclic) bond motifs is 2. The molecule has 1 unspecified atom stereocenters. The maximum atomic E-state index is 13.3. The summed E-state index contributed by atoms with van der Waals surface area (Å²) in [7, 11) is 0. The van der Waals surface area contributed by atoms with Gasteiger partial charge >= 0.3 is 11.9 Å². The van der Waals surface area contributed by atoms with Crippen LogP contribution in [-0.2, 0) is 28.6 Å². The summed E-state index contributed by atoms with van der Waals surface area (Å²) >= 11 is 0. The number of benzene rings is 2. The van der Waals surface area contributed by atoms with Crippen LogP contribution in [0, 0.1) is 6.92 Å². The number of phenolic OH excluding ortho intramolecular Hbond substituents is 2. The molecule has 1 fully saturated rings. The second-order valence-electron chi connectivity index (χ2n) is 9.49. The average Bonchev–Trinajstić information content (AvgIpc) is 2.78. The molecule has 1 heterocycles. The van der Waals surface area contributed by atoms with E-state index in [1.54, 1.807) is 13.0 Å². The summed E-state index contributed by atoms with van der Waals surface area (Å²) in [6.45, 7) is 6.86. The quantitative estimate of drug-likeness (QED) is 0.486. The van der Waals surface area contributed by atoms with Crippen LogP contribution in [-0.4, -0.2) is 69.5 Å². The van der Waals surface area contributed by atoms with Crippen LogP contribution in [0.25, 0.3) is 0 Å². The Morgan fingerprint density at radius 1 is 0.868 bits per heavy atom. The van der Waals surface area contributed by atoms with Gasteiger partial charge in [-0.15, -0.1) is 0 Å². The van der Waals surface area contributed by atoms with E-state index in [9.17, 15) is 34.5 Å². The minimum Gasteiger partial charge on any atom is -0.507 e. The molecule has 2 aromatic carbocycles. The summed E-state index contributed by atoms with van der Waals surface area (Å²) in [4.78, 5) is 49.3. The van der Waals surface area contributed by atoms with E-state index < -0.39 is 60.1 Å². The first-order valence-electron chi connectivity index (χ1n) is 11.9. The number of aliphatic hydroxyl groups is 1. The van der Waals surface area contributed by atoms with Crippen LogP contribution < -0.4 is 4.74 Å². The largest absolute Gasteiger partial charge is 0.507 e. The highest BCUT2D eigenvalue weighted by atomic mass is 16.7. The Morgan fingerprint density at radius 3 is 2.00 bits per heavy atom. The molecule has 2 aromatic rings. The first-order chi connectivity index (χ1) is 17.8. The molecular formula is C27H28O11. The van der Waals surface area contributed by atoms with Crippen LogP contribution >= 0.6 is 0 Å². The first kappa shape index (κ1) is 27.1. The number of aromatic hydroxyl groups is 2. The number of ketones is 2. The van der Waals surface area contributed by atoms with Gasteiger partial charge in [0.15, 0.2) is 18.3 Å². The zero-order valence-corrected chi connectivity index (χ0v) is 21.4. The molecule has 0 spiro atoms. The predicted molar refractivity (Wildman–Crippen MR) is 129 cm³/mol. The molecule has 0 aromatic heterocycles. The molecule has 1 aliphatic heterocycles. The van der Waals surface area contributed by atoms with E-state index >= 15 is 0 Å². The third-order valence-electron chi connectivity index (χ3n) is 6.50. The summed E-state index contributed by atoms with van der Waals surface area (Å²) in [6.07, 6.45) is -6.35. The summed E-state index contributed by atoms with van der Waals surface area (Å²) < 4.78 is 21.9. The van der Waals surface area contributed by atoms with E-state index in [0.29, 0.717) is 11.1 Å². The molecule has 1 aliphatic carbocycles. The van der Waals surface area contributed by atoms with E-state index in [4.69, 9.17) is 18.9 Å². The van der Waals surface area contributed by atoms with Gasteiger partial charge in [-0.25, -0.2) is 0 Å². The molecule has 1 saturated heterocycles. The van der Waals surface area contributed by atoms with E-state index in [-0.39, 0.29) is 34.0 Å². The highest BCUT2D eigenvalue weighted by molar-refractivity contribution is 6.18. The van der Waals surface area contributed by atoms with E-state index in [0.717, 1.165) is 19.9 Å². The number of hydrogen-bond acceptors (Lipinski definition) is 11. The van der Waals surface area contributed by atoms with Gasteiger partial charge in [-0.2, -0.15) is 0 Å². The highest BCUT2D eigenvalue weighted by Crippen LogP contribution is 2.46. The Hall–Kier alpha value is -3.96. The molecule has 11 heteroatoms. The number of carbonyl (C=O) groups is 4. The maximum Gasteiger partial charge on any atom is 0.303 e. The molecule has 0 bridgehead atoms. The van der Waals surface area contributed by atoms with Crippen molar-refractivity contribution in [2.24, 2.45) is 0 Å². The first-order valence-corrected chi connectivity index (χ1v) is 11.9. The third-order valence-corrected chi connectivity index (χ3v) is 6.50. The minimum atomic E-state index is -1.61. The van der Waals surface area contributed by atoms with Crippen LogP contribution in [0.5, 0.6) is 17.2 Å². The Kier molecular flexibility index (Phi) is 7.18. The zero-order valence-electron chi connectivity index (χ0n) is 21.4. The Morgan fingerprint density at radius 2 is 1.42 bits per heavy atom. The summed E-state index contributed by atoms with van der Waals surface area (Å²) in [5, 5.41) is 32.2. The van der Waals surface area contributed by atoms with Crippen molar-refractivity contribution in [1.29, 1.82) is 0 Å². The number of hydrogen-bond donors (Lipinski definition) is 3. The summed E-state index contributed by atoms with van der Waals surface area (Å²) in [5.74, 6) is -4.25. The summed E-state index contributed by atoms with van der Waals surface area (Å²) in [5.41, 5.74) is 0.864. The molecule has 6 atom stereocenters. The summed E-state index contributed by atoms with van der Waals surface area (Å²) in [6, 6.07) is 5.52. The second kappa shape index (κ2) is 10.1. The van der Waals surface area contributed by atoms with E-state index in [2.05, 4.69) is 0 Å². The van der Waals surface area contributed by atoms with Crippen molar-refractivity contribution in [2.75, 3.05) is 0 Å². The monoisotopic (exact) mass is 528 g/mol. The van der Waals surface area contributed by atoms with Gasteiger partial charge in [-0.3, -0.25) is 19.2 Å². The zero-order chi connectivity index (χ0) is 28.0. The van der Waals surface area contributed by atoms with Crippen LogP contribution in [0.2, 0.25) is 0 Å². The Labute approximate surface area is 217 Å². The van der Waals surface area contributed by atoms with E-state index in [1.165, 1.54) is 26.0 Å². The fraction of sp³-hybridized carbons (Fsp3) is 0.407. The van der Waals surface area contributed by atoms with Crippen molar-refractivity contribution in [2.45, 2.75) is 71.2 Å². The lowest BCUT2D eigenvalue weighted by molar-refractivity contribution is -0.276. The second-order valence-corrected chi connectivity index (χ2v) is 9.49. The SMILES string of the molecule is CC(=O)O[C@@H]1[C@@H](OC(C)=O)[C@@H](O)[C@H](Oc2cc(O)c3c(c2)C(C(C)=O)c2cc(C)cc(O)c2C3=O)O[C@H]1C. The lowest BCUT2D eigenvalue weighted by Gasteiger charge is -2.42. The number of rotatable bonds is 5. The molecule has 11 nitrogen and oxygen atoms in total. The standard InChI is InChI=1S/C27H28O11/c1-10-6-16-20(11(2)28)17-8-15(9-19(32)22(17)23(33)21(16)18(31)7-10)38-27-24(34)26(37-14(5)30)25(12(3)35-27)36-13(4)29/h6-9,12,20,24-27,31-32,34H,1-5H3/t12-,20?,24+,25-,26-,27-/m0/s1. The molecule has 4 rings (SSSR count). The van der Waals surface area contributed by atoms with Crippen molar-refractivity contribution in [3.05, 3.63) is 52.1 Å². The normalized spacial score (nSPS) is 26.1. The van der Waals surface area contributed by atoms with Crippen LogP contribution in [0.3, 0.4) is 0 Å². The van der Waals surface area contributed by atoms with Gasteiger partial charge in [-0.05, 0) is 49.6 Å². The van der Waals surface area contributed by atoms with Crippen molar-refractivity contribution < 1.29 is 53.4 Å². The van der Waals surface area contributed by atoms with Crippen LogP contribution in [0.4, 0.5) is 0 Å². The van der Waals surface area contributed by atoms with Crippen LogP contribution in [0.15, 0.2) is 24.3 Å². The average molecular weight is 529 g/mol. The molecule has 202 valence electrons. The highest BCUT2D eigenvalue weighted by Gasteiger charge is 2.49. The lowest BCUT2D eigenvalue weighted by Crippen LogP contribution is -2.60. The van der Waals surface area contributed by atoms with Crippen molar-refractivity contribution in [1.82, 2.24) is 0 Å². The van der Waals surface area contributed by atoms with Gasteiger partial charge in [-0.1, -0.05) is 6.07 Å². The predicted octanol–water partition coefficient (Wildman–Crippen LogP) is 2.02. The lowest BCUT2D eigenvalue weighted by atomic mass is 9.74. The minimum absolute atomic E-state index is 0.0515. The third kappa shape index (κ3) is 4.82. The number of Topliss-reactive ketones (excluding diaryl/α,β-unsaturated/α-hetero) is 1. The Bertz CT molecular complexity index is 1330. The number of esters is 2. The fourth-order valence-corrected chi connectivity index (χ4v) is 5.07. The van der Waals surface area contributed by atoms with Crippen molar-refractivity contribution in [3.8, 4) is 17.2 Å². The number of aryl methyl sites for hydroxylation is 1. The Balaban J connectivity index is 1.73. The maximum absolute atomic E-state index is 13.3. The fourth-order valence-electron chi connectivity index (χ4n) is 5.07. The molecular weight excluding hydrogens is 500 g/mol. The molecule has 38 heavy (non-hydrogen) atoms. The van der Waals surface area contributed by atoms with Crippen LogP contribution in [0.1, 0.15) is 66.2 Å². The van der Waals surface area contributed by atoms with Crippen molar-refractivity contribution in [3.63, 3.8) is 0 Å². The number of phenols is 2. The smallest absolute Gasteiger partial charge is 0.303 e. The van der Waals surface area contributed by atoms with Gasteiger partial charge in [0.05, 0.1) is 23.1 Å². The van der Waals surface area contributed by atoms with Gasteiger partial charge in [0.2, 0.25) is 12.1 Å². The molecule has 0 saturated carbocycles. The van der Waals surface area contributed by atoms with Gasteiger partial charge in [0.1, 0.15) is 23.0 Å².